The van der Waals surface area contributed by atoms with E-state index in [0.29, 0.717) is 0 Å². The van der Waals surface area contributed by atoms with Crippen LogP contribution in [-0.4, -0.2) is 18.0 Å². The molecular weight excluding hydrogens is 249 g/mol. The molecule has 5 nitrogen and oxygen atoms in total. The van der Waals surface area contributed by atoms with Gasteiger partial charge < -0.3 is 5.32 Å². The molecule has 0 aliphatic carbocycles. The van der Waals surface area contributed by atoms with E-state index < -0.39 is 17.8 Å². The first-order chi connectivity index (χ1) is 9.02. The van der Waals surface area contributed by atoms with Gasteiger partial charge in [0.05, 0.1) is 0 Å². The zero-order chi connectivity index (χ0) is 14.3. The number of amides is 3. The van der Waals surface area contributed by atoms with Crippen LogP contribution < -0.4 is 16.2 Å². The van der Waals surface area contributed by atoms with Crippen LogP contribution in [0, 0.1) is 5.82 Å². The van der Waals surface area contributed by atoms with Gasteiger partial charge in [-0.05, 0) is 37.6 Å². The van der Waals surface area contributed by atoms with Crippen molar-refractivity contribution in [3.05, 3.63) is 35.6 Å². The van der Waals surface area contributed by atoms with E-state index in [9.17, 15) is 14.0 Å². The lowest BCUT2D eigenvalue weighted by Gasteiger charge is -2.14. The van der Waals surface area contributed by atoms with Gasteiger partial charge in [0, 0.05) is 11.6 Å². The van der Waals surface area contributed by atoms with Gasteiger partial charge in [0.2, 0.25) is 0 Å². The second-order valence-electron chi connectivity index (χ2n) is 4.25. The Morgan fingerprint density at radius 3 is 2.42 bits per heavy atom. The molecule has 3 amide bonds. The van der Waals surface area contributed by atoms with Gasteiger partial charge in [-0.1, -0.05) is 13.3 Å². The van der Waals surface area contributed by atoms with E-state index in [1.165, 1.54) is 24.3 Å². The Morgan fingerprint density at radius 2 is 1.84 bits per heavy atom. The molecule has 6 heteroatoms. The molecule has 3 N–H and O–H groups in total. The maximum absolute atomic E-state index is 12.7. The zero-order valence-electron chi connectivity index (χ0n) is 11.0. The van der Waals surface area contributed by atoms with Crippen LogP contribution in [0.15, 0.2) is 24.3 Å². The Bertz CT molecular complexity index is 434. The highest BCUT2D eigenvalue weighted by atomic mass is 19.1. The van der Waals surface area contributed by atoms with Crippen LogP contribution in [0.4, 0.5) is 9.18 Å². The molecule has 104 valence electrons. The average Bonchev–Trinajstić information content (AvgIpc) is 2.37. The lowest BCUT2D eigenvalue weighted by molar-refractivity contribution is 0.0936. The second kappa shape index (κ2) is 7.35. The molecule has 0 aliphatic rings. The summed E-state index contributed by atoms with van der Waals surface area (Å²) >= 11 is 0. The van der Waals surface area contributed by atoms with E-state index >= 15 is 0 Å². The van der Waals surface area contributed by atoms with Crippen LogP contribution in [-0.2, 0) is 0 Å². The van der Waals surface area contributed by atoms with Crippen molar-refractivity contribution >= 4 is 11.9 Å². The molecule has 1 aromatic carbocycles. The number of nitrogens with one attached hydrogen (secondary N) is 3. The highest BCUT2D eigenvalue weighted by Crippen LogP contribution is 2.01. The summed E-state index contributed by atoms with van der Waals surface area (Å²) < 4.78 is 12.7. The Morgan fingerprint density at radius 1 is 1.21 bits per heavy atom. The van der Waals surface area contributed by atoms with E-state index in [4.69, 9.17) is 0 Å². The fourth-order valence-electron chi connectivity index (χ4n) is 1.55. The first-order valence-corrected chi connectivity index (χ1v) is 6.15. The van der Waals surface area contributed by atoms with Gasteiger partial charge in [0.1, 0.15) is 5.82 Å². The molecular formula is C13H18FN3O2. The summed E-state index contributed by atoms with van der Waals surface area (Å²) in [6.07, 6.45) is 1.82. The maximum atomic E-state index is 12.7. The number of hydrogen-bond donors (Lipinski definition) is 3. The predicted octanol–water partition coefficient (Wildman–Crippen LogP) is 1.96. The number of hydrazine groups is 1. The van der Waals surface area contributed by atoms with Crippen LogP contribution in [0.5, 0.6) is 0 Å². The van der Waals surface area contributed by atoms with Crippen molar-refractivity contribution in [1.29, 1.82) is 0 Å². The molecule has 0 radical (unpaired) electrons. The molecule has 1 unspecified atom stereocenters. The Balaban J connectivity index is 2.37. The minimum Gasteiger partial charge on any atom is -0.334 e. The first kappa shape index (κ1) is 14.9. The molecule has 1 atom stereocenters. The van der Waals surface area contributed by atoms with Crippen molar-refractivity contribution in [2.24, 2.45) is 0 Å². The molecule has 19 heavy (non-hydrogen) atoms. The van der Waals surface area contributed by atoms with Gasteiger partial charge in [-0.2, -0.15) is 0 Å². The third-order valence-electron chi connectivity index (χ3n) is 2.50. The van der Waals surface area contributed by atoms with E-state index in [2.05, 4.69) is 16.2 Å². The highest BCUT2D eigenvalue weighted by molar-refractivity contribution is 5.95. The minimum atomic E-state index is -0.502. The molecule has 0 heterocycles. The van der Waals surface area contributed by atoms with Gasteiger partial charge in [0.25, 0.3) is 5.91 Å². The fourth-order valence-corrected chi connectivity index (χ4v) is 1.55. The van der Waals surface area contributed by atoms with Crippen LogP contribution in [0.2, 0.25) is 0 Å². The Labute approximate surface area is 111 Å². The van der Waals surface area contributed by atoms with Gasteiger partial charge in [-0.3, -0.25) is 10.2 Å². The second-order valence-corrected chi connectivity index (χ2v) is 4.25. The third-order valence-corrected chi connectivity index (χ3v) is 2.50. The summed E-state index contributed by atoms with van der Waals surface area (Å²) in [6.45, 7) is 3.90. The number of carbonyl (C=O) groups excluding carboxylic acids is 2. The van der Waals surface area contributed by atoms with Crippen molar-refractivity contribution < 1.29 is 14.0 Å². The number of urea groups is 1. The van der Waals surface area contributed by atoms with Gasteiger partial charge in [-0.25, -0.2) is 14.6 Å². The first-order valence-electron chi connectivity index (χ1n) is 6.15. The number of carbonyl (C=O) groups is 2. The topological polar surface area (TPSA) is 70.2 Å². The molecule has 0 aromatic heterocycles. The monoisotopic (exact) mass is 267 g/mol. The molecule has 0 spiro atoms. The van der Waals surface area contributed by atoms with Gasteiger partial charge in [0.15, 0.2) is 0 Å². The van der Waals surface area contributed by atoms with Crippen molar-refractivity contribution in [2.75, 3.05) is 0 Å². The summed E-state index contributed by atoms with van der Waals surface area (Å²) in [7, 11) is 0. The van der Waals surface area contributed by atoms with Crippen molar-refractivity contribution in [3.8, 4) is 0 Å². The standard InChI is InChI=1S/C13H18FN3O2/c1-3-4-9(2)15-13(19)17-16-12(18)10-5-7-11(14)8-6-10/h5-9H,3-4H2,1-2H3,(H,16,18)(H2,15,17,19). The summed E-state index contributed by atoms with van der Waals surface area (Å²) in [4.78, 5) is 23.0. The largest absolute Gasteiger partial charge is 0.334 e. The van der Waals surface area contributed by atoms with Gasteiger partial charge in [-0.15, -0.1) is 0 Å². The van der Waals surface area contributed by atoms with E-state index in [0.717, 1.165) is 12.8 Å². The SMILES string of the molecule is CCCC(C)NC(=O)NNC(=O)c1ccc(F)cc1. The number of hydrogen-bond acceptors (Lipinski definition) is 2. The molecule has 0 fully saturated rings. The third kappa shape index (κ3) is 5.37. The van der Waals surface area contributed by atoms with Crippen molar-refractivity contribution in [3.63, 3.8) is 0 Å². The number of halogens is 1. The number of rotatable bonds is 4. The van der Waals surface area contributed by atoms with Crippen molar-refractivity contribution in [2.45, 2.75) is 32.7 Å². The highest BCUT2D eigenvalue weighted by Gasteiger charge is 2.09. The zero-order valence-corrected chi connectivity index (χ0v) is 11.0. The Kier molecular flexibility index (Phi) is 5.78. The smallest absolute Gasteiger partial charge is 0.333 e. The van der Waals surface area contributed by atoms with Crippen LogP contribution in [0.3, 0.4) is 0 Å². The summed E-state index contributed by atoms with van der Waals surface area (Å²) in [5.74, 6) is -0.922. The molecule has 1 rings (SSSR count). The lowest BCUT2D eigenvalue weighted by atomic mass is 10.2. The normalized spacial score (nSPS) is 11.5. The maximum Gasteiger partial charge on any atom is 0.333 e. The van der Waals surface area contributed by atoms with E-state index in [1.54, 1.807) is 0 Å². The molecule has 0 aliphatic heterocycles. The van der Waals surface area contributed by atoms with Crippen LogP contribution >= 0.6 is 0 Å². The molecule has 0 saturated carbocycles. The van der Waals surface area contributed by atoms with Crippen LogP contribution in [0.1, 0.15) is 37.0 Å². The van der Waals surface area contributed by atoms with Crippen LogP contribution in [0.25, 0.3) is 0 Å². The van der Waals surface area contributed by atoms with Crippen molar-refractivity contribution in [1.82, 2.24) is 16.2 Å². The molecule has 0 bridgehead atoms. The minimum absolute atomic E-state index is 0.0349. The summed E-state index contributed by atoms with van der Waals surface area (Å²) in [5.41, 5.74) is 4.75. The quantitative estimate of drug-likeness (QED) is 0.730. The number of benzene rings is 1. The van der Waals surface area contributed by atoms with E-state index in [-0.39, 0.29) is 11.6 Å². The Hall–Kier alpha value is -2.11. The van der Waals surface area contributed by atoms with E-state index in [1.807, 2.05) is 13.8 Å². The fraction of sp³-hybridized carbons (Fsp3) is 0.385. The summed E-state index contributed by atoms with van der Waals surface area (Å²) in [5, 5.41) is 2.67. The predicted molar refractivity (Wildman–Crippen MR) is 69.9 cm³/mol. The summed E-state index contributed by atoms with van der Waals surface area (Å²) in [6, 6.07) is 4.59. The average molecular weight is 267 g/mol. The molecule has 1 aromatic rings. The lowest BCUT2D eigenvalue weighted by Crippen LogP contribution is -2.49. The van der Waals surface area contributed by atoms with Gasteiger partial charge >= 0.3 is 6.03 Å². The molecule has 0 saturated heterocycles.